The largest absolute Gasteiger partial charge is 0.384 e. The van der Waals surface area contributed by atoms with Gasteiger partial charge in [0.25, 0.3) is 0 Å². The van der Waals surface area contributed by atoms with Crippen LogP contribution in [0.15, 0.2) is 30.3 Å². The van der Waals surface area contributed by atoms with Crippen molar-refractivity contribution in [1.82, 2.24) is 0 Å². The Morgan fingerprint density at radius 3 is 2.43 bits per heavy atom. The van der Waals surface area contributed by atoms with Gasteiger partial charge >= 0.3 is 0 Å². The van der Waals surface area contributed by atoms with Crippen LogP contribution in [0.2, 0.25) is 0 Å². The second-order valence-electron chi connectivity index (χ2n) is 4.77. The topological polar surface area (TPSA) is 142 Å². The predicted molar refractivity (Wildman–Crippen MR) is 68.3 cm³/mol. The number of aliphatic hydroxyl groups excluding tert-OH is 3. The van der Waals surface area contributed by atoms with Crippen molar-refractivity contribution < 1.29 is 34.7 Å². The van der Waals surface area contributed by atoms with Crippen LogP contribution < -0.4 is 5.73 Å². The Labute approximate surface area is 120 Å². The van der Waals surface area contributed by atoms with Crippen LogP contribution in [0, 0.1) is 0 Å². The summed E-state index contributed by atoms with van der Waals surface area (Å²) in [6.45, 7) is -0.163. The Hall–Kier alpha value is -1.55. The van der Waals surface area contributed by atoms with E-state index in [-0.39, 0.29) is 6.61 Å². The number of nitrogens with two attached hydrogens (primary N) is 1. The first kappa shape index (κ1) is 15.8. The highest BCUT2D eigenvalue weighted by Gasteiger charge is 2.57. The van der Waals surface area contributed by atoms with Crippen LogP contribution in [0.1, 0.15) is 5.56 Å². The zero-order valence-electron chi connectivity index (χ0n) is 11.0. The van der Waals surface area contributed by atoms with Crippen molar-refractivity contribution in [3.05, 3.63) is 35.9 Å². The molecule has 8 heteroatoms. The molecular weight excluding hydrogens is 282 g/mol. The molecule has 6 N–H and O–H groups in total. The van der Waals surface area contributed by atoms with Crippen LogP contribution in [0.25, 0.3) is 0 Å². The maximum absolute atomic E-state index is 11.2. The molecule has 116 valence electrons. The van der Waals surface area contributed by atoms with Crippen LogP contribution in [0.4, 0.5) is 0 Å². The number of hydrogen-bond acceptors (Lipinski definition) is 7. The molecule has 1 aromatic carbocycles. The summed E-state index contributed by atoms with van der Waals surface area (Å²) in [5.74, 6) is -3.69. The van der Waals surface area contributed by atoms with Crippen LogP contribution in [-0.2, 0) is 20.9 Å². The van der Waals surface area contributed by atoms with Gasteiger partial charge in [-0.25, -0.2) is 0 Å². The standard InChI is InChI=1S/C13H17NO7/c14-11(17)8-9(15)13(19,10(16)12(18)21-8)20-6-7-4-2-1-3-5-7/h1-5,8-10,12,15-16,18-19H,6H2,(H2,14,17)/t8-,9-,10+,12?,13-/m1/s1. The summed E-state index contributed by atoms with van der Waals surface area (Å²) < 4.78 is 9.80. The Kier molecular flexibility index (Phi) is 4.57. The lowest BCUT2D eigenvalue weighted by Crippen LogP contribution is -2.69. The first-order valence-corrected chi connectivity index (χ1v) is 6.25. The summed E-state index contributed by atoms with van der Waals surface area (Å²) >= 11 is 0. The molecule has 0 radical (unpaired) electrons. The molecule has 0 spiro atoms. The van der Waals surface area contributed by atoms with Crippen molar-refractivity contribution in [2.75, 3.05) is 0 Å². The van der Waals surface area contributed by atoms with Gasteiger partial charge in [0.05, 0.1) is 6.61 Å². The molecule has 0 aromatic heterocycles. The number of hydrogen-bond donors (Lipinski definition) is 5. The monoisotopic (exact) mass is 299 g/mol. The van der Waals surface area contributed by atoms with Crippen LogP contribution >= 0.6 is 0 Å². The van der Waals surface area contributed by atoms with Crippen LogP contribution in [-0.4, -0.2) is 56.7 Å². The molecule has 1 heterocycles. The van der Waals surface area contributed by atoms with E-state index in [2.05, 4.69) is 4.74 Å². The molecule has 0 saturated carbocycles. The molecule has 8 nitrogen and oxygen atoms in total. The lowest BCUT2D eigenvalue weighted by Gasteiger charge is -2.45. The van der Waals surface area contributed by atoms with Gasteiger partial charge in [0.15, 0.2) is 18.5 Å². The molecule has 1 fully saturated rings. The van der Waals surface area contributed by atoms with Gasteiger partial charge < -0.3 is 35.6 Å². The number of carbonyl (C=O) groups is 1. The van der Waals surface area contributed by atoms with E-state index in [1.165, 1.54) is 0 Å². The number of rotatable bonds is 4. The summed E-state index contributed by atoms with van der Waals surface area (Å²) in [5.41, 5.74) is 5.66. The Balaban J connectivity index is 2.17. The smallest absolute Gasteiger partial charge is 0.249 e. The summed E-state index contributed by atoms with van der Waals surface area (Å²) in [7, 11) is 0. The van der Waals surface area contributed by atoms with Crippen LogP contribution in [0.5, 0.6) is 0 Å². The fraction of sp³-hybridized carbons (Fsp3) is 0.462. The van der Waals surface area contributed by atoms with E-state index in [9.17, 15) is 25.2 Å². The third-order valence-electron chi connectivity index (χ3n) is 3.28. The molecule has 1 aliphatic heterocycles. The maximum atomic E-state index is 11.2. The van der Waals surface area contributed by atoms with Crippen molar-refractivity contribution in [3.8, 4) is 0 Å². The SMILES string of the molecule is NC(=O)[C@@H]1OC(O)[C@H](O)[C@](O)(OCc2ccccc2)[C@@H]1O. The van der Waals surface area contributed by atoms with Crippen LogP contribution in [0.3, 0.4) is 0 Å². The average molecular weight is 299 g/mol. The van der Waals surface area contributed by atoms with E-state index in [4.69, 9.17) is 10.5 Å². The molecular formula is C13H17NO7. The molecule has 2 rings (SSSR count). The Morgan fingerprint density at radius 2 is 1.86 bits per heavy atom. The van der Waals surface area contributed by atoms with E-state index < -0.39 is 36.3 Å². The highest BCUT2D eigenvalue weighted by molar-refractivity contribution is 5.79. The molecule has 5 atom stereocenters. The second-order valence-corrected chi connectivity index (χ2v) is 4.77. The first-order chi connectivity index (χ1) is 9.86. The molecule has 1 aromatic rings. The highest BCUT2D eigenvalue weighted by atomic mass is 16.7. The van der Waals surface area contributed by atoms with Gasteiger partial charge in [0.1, 0.15) is 6.10 Å². The Morgan fingerprint density at radius 1 is 1.24 bits per heavy atom. The van der Waals surface area contributed by atoms with Crippen molar-refractivity contribution in [2.24, 2.45) is 5.73 Å². The minimum Gasteiger partial charge on any atom is -0.384 e. The predicted octanol–water partition coefficient (Wildman–Crippen LogP) is -2.18. The lowest BCUT2D eigenvalue weighted by atomic mass is 9.94. The summed E-state index contributed by atoms with van der Waals surface area (Å²) in [4.78, 5) is 11.2. The van der Waals surface area contributed by atoms with E-state index in [0.717, 1.165) is 0 Å². The molecule has 0 aliphatic carbocycles. The van der Waals surface area contributed by atoms with Gasteiger partial charge in [-0.3, -0.25) is 4.79 Å². The third kappa shape index (κ3) is 3.05. The average Bonchev–Trinajstić information content (AvgIpc) is 2.48. The Bertz CT molecular complexity index is 497. The van der Waals surface area contributed by atoms with Gasteiger partial charge in [-0.05, 0) is 5.56 Å². The van der Waals surface area contributed by atoms with Crippen molar-refractivity contribution in [3.63, 3.8) is 0 Å². The highest BCUT2D eigenvalue weighted by Crippen LogP contribution is 2.31. The molecule has 1 aliphatic rings. The molecule has 1 amide bonds. The van der Waals surface area contributed by atoms with E-state index >= 15 is 0 Å². The van der Waals surface area contributed by atoms with Crippen molar-refractivity contribution >= 4 is 5.91 Å². The number of primary amides is 1. The van der Waals surface area contributed by atoms with Crippen molar-refractivity contribution in [2.45, 2.75) is 37.0 Å². The molecule has 1 unspecified atom stereocenters. The minimum absolute atomic E-state index is 0.163. The number of benzene rings is 1. The number of aliphatic hydroxyl groups is 4. The number of ether oxygens (including phenoxy) is 2. The fourth-order valence-corrected chi connectivity index (χ4v) is 2.06. The summed E-state index contributed by atoms with van der Waals surface area (Å²) in [6.07, 6.45) is -7.54. The molecule has 0 bridgehead atoms. The fourth-order valence-electron chi connectivity index (χ4n) is 2.06. The normalized spacial score (nSPS) is 36.4. The third-order valence-corrected chi connectivity index (χ3v) is 3.28. The zero-order valence-corrected chi connectivity index (χ0v) is 11.0. The van der Waals surface area contributed by atoms with Gasteiger partial charge in [0.2, 0.25) is 11.7 Å². The minimum atomic E-state index is -2.59. The van der Waals surface area contributed by atoms with Crippen molar-refractivity contribution in [1.29, 1.82) is 0 Å². The summed E-state index contributed by atoms with van der Waals surface area (Å²) in [5, 5.41) is 39.5. The zero-order chi connectivity index (χ0) is 15.6. The first-order valence-electron chi connectivity index (χ1n) is 6.25. The quantitative estimate of drug-likeness (QED) is 0.398. The van der Waals surface area contributed by atoms with Gasteiger partial charge in [0, 0.05) is 0 Å². The van der Waals surface area contributed by atoms with Gasteiger partial charge in [-0.2, -0.15) is 0 Å². The molecule has 1 saturated heterocycles. The maximum Gasteiger partial charge on any atom is 0.249 e. The number of amides is 1. The number of carbonyl (C=O) groups excluding carboxylic acids is 1. The van der Waals surface area contributed by atoms with E-state index in [1.54, 1.807) is 30.3 Å². The molecule has 21 heavy (non-hydrogen) atoms. The lowest BCUT2D eigenvalue weighted by molar-refractivity contribution is -0.388. The van der Waals surface area contributed by atoms with E-state index in [1.807, 2.05) is 0 Å². The second kappa shape index (κ2) is 6.06. The van der Waals surface area contributed by atoms with E-state index in [0.29, 0.717) is 5.56 Å². The summed E-state index contributed by atoms with van der Waals surface area (Å²) in [6, 6.07) is 8.65. The van der Waals surface area contributed by atoms with Gasteiger partial charge in [-0.1, -0.05) is 30.3 Å². The van der Waals surface area contributed by atoms with Gasteiger partial charge in [-0.15, -0.1) is 0 Å².